The number of anilines is 3. The third-order valence-corrected chi connectivity index (χ3v) is 11.9. The van der Waals surface area contributed by atoms with Crippen molar-refractivity contribution in [3.05, 3.63) is 184 Å². The van der Waals surface area contributed by atoms with E-state index in [1.807, 2.05) is 109 Å². The second kappa shape index (κ2) is 10.5. The Morgan fingerprint density at radius 3 is 1.73 bits per heavy atom. The Hall–Kier alpha value is -7.70. The van der Waals surface area contributed by atoms with Crippen molar-refractivity contribution in [2.24, 2.45) is 0 Å². The van der Waals surface area contributed by atoms with E-state index in [4.69, 9.17) is 4.42 Å². The van der Waals surface area contributed by atoms with E-state index in [9.17, 15) is 4.79 Å². The molecule has 0 radical (unpaired) electrons. The van der Waals surface area contributed by atoms with Crippen LogP contribution in [0.15, 0.2) is 178 Å². The molecule has 0 aliphatic rings. The van der Waals surface area contributed by atoms with Gasteiger partial charge in [-0.05, 0) is 78.9 Å². The SMILES string of the molecule is O=c1c2ccccc2n2c3cc4c(cc3c3cccc1c32)c1ccc(N(c2ccccc2)c2cccc3oc5ccccc5c23)c2c(=O)c3ccccc3n4c21. The van der Waals surface area contributed by atoms with E-state index in [-0.39, 0.29) is 10.9 Å². The van der Waals surface area contributed by atoms with Gasteiger partial charge >= 0.3 is 0 Å². The number of pyridine rings is 2. The number of hydrogen-bond donors (Lipinski definition) is 0. The number of rotatable bonds is 3. The number of furan rings is 1. The van der Waals surface area contributed by atoms with Gasteiger partial charge in [0, 0.05) is 48.8 Å². The summed E-state index contributed by atoms with van der Waals surface area (Å²) < 4.78 is 10.9. The number of hydrogen-bond acceptors (Lipinski definition) is 4. The lowest BCUT2D eigenvalue weighted by Gasteiger charge is -2.27. The Kier molecular flexibility index (Phi) is 5.57. The van der Waals surface area contributed by atoms with Crippen LogP contribution in [0, 0.1) is 0 Å². The molecule has 0 aliphatic carbocycles. The van der Waals surface area contributed by atoms with E-state index in [1.165, 1.54) is 0 Å². The molecule has 260 valence electrons. The number of nitrogens with zero attached hydrogens (tertiary/aromatic N) is 3. The van der Waals surface area contributed by atoms with Crippen LogP contribution in [0.25, 0.3) is 98.1 Å². The van der Waals surface area contributed by atoms with Crippen molar-refractivity contribution < 1.29 is 4.42 Å². The zero-order chi connectivity index (χ0) is 36.8. The first-order valence-electron chi connectivity index (χ1n) is 18.8. The zero-order valence-corrected chi connectivity index (χ0v) is 29.7. The van der Waals surface area contributed by atoms with Crippen molar-refractivity contribution in [2.45, 2.75) is 0 Å². The molecular formula is C50H27N3O3. The van der Waals surface area contributed by atoms with Gasteiger partial charge in [0.1, 0.15) is 11.2 Å². The second-order valence-electron chi connectivity index (χ2n) is 14.7. The van der Waals surface area contributed by atoms with Gasteiger partial charge in [0.25, 0.3) is 0 Å². The molecule has 56 heavy (non-hydrogen) atoms. The molecular weight excluding hydrogens is 691 g/mol. The molecule has 13 rings (SSSR count). The van der Waals surface area contributed by atoms with Crippen LogP contribution in [0.1, 0.15) is 0 Å². The highest BCUT2D eigenvalue weighted by Gasteiger charge is 2.27. The fourth-order valence-corrected chi connectivity index (χ4v) is 9.67. The molecule has 0 saturated heterocycles. The summed E-state index contributed by atoms with van der Waals surface area (Å²) in [4.78, 5) is 31.2. The van der Waals surface area contributed by atoms with Gasteiger partial charge in [-0.15, -0.1) is 0 Å². The molecule has 0 bridgehead atoms. The minimum atomic E-state index is -0.0207. The highest BCUT2D eigenvalue weighted by molar-refractivity contribution is 6.26. The molecule has 0 unspecified atom stereocenters. The molecule has 0 fully saturated rings. The lowest BCUT2D eigenvalue weighted by Crippen LogP contribution is -2.15. The van der Waals surface area contributed by atoms with Gasteiger partial charge in [0.15, 0.2) is 10.9 Å². The maximum Gasteiger partial charge on any atom is 0.199 e. The molecule has 6 heteroatoms. The smallest absolute Gasteiger partial charge is 0.199 e. The average molecular weight is 718 g/mol. The Bertz CT molecular complexity index is 3930. The lowest BCUT2D eigenvalue weighted by molar-refractivity contribution is 0.669. The zero-order valence-electron chi connectivity index (χ0n) is 29.7. The van der Waals surface area contributed by atoms with Gasteiger partial charge in [0.05, 0.1) is 55.2 Å². The summed E-state index contributed by atoms with van der Waals surface area (Å²) in [5.41, 5.74) is 9.80. The molecule has 0 atom stereocenters. The number of benzene rings is 8. The normalized spacial score (nSPS) is 12.4. The van der Waals surface area contributed by atoms with Gasteiger partial charge in [-0.25, -0.2) is 0 Å². The molecule has 0 aliphatic heterocycles. The topological polar surface area (TPSA) is 59.3 Å². The highest BCUT2D eigenvalue weighted by atomic mass is 16.3. The van der Waals surface area contributed by atoms with Crippen molar-refractivity contribution >= 4 is 115 Å². The summed E-state index contributed by atoms with van der Waals surface area (Å²) >= 11 is 0. The Labute approximate surface area is 316 Å². The van der Waals surface area contributed by atoms with Gasteiger partial charge < -0.3 is 18.1 Å². The van der Waals surface area contributed by atoms with Crippen LogP contribution in [0.2, 0.25) is 0 Å². The van der Waals surface area contributed by atoms with Crippen LogP contribution in [0.4, 0.5) is 17.1 Å². The van der Waals surface area contributed by atoms with E-state index in [1.54, 1.807) is 0 Å². The van der Waals surface area contributed by atoms with E-state index in [2.05, 4.69) is 68.3 Å². The molecule has 13 aromatic rings. The third-order valence-electron chi connectivity index (χ3n) is 11.9. The van der Waals surface area contributed by atoms with Crippen LogP contribution in [-0.4, -0.2) is 8.80 Å². The molecule has 0 amide bonds. The fraction of sp³-hybridized carbons (Fsp3) is 0. The number of fused-ring (bicyclic) bond motifs is 13. The first kappa shape index (κ1) is 29.7. The number of para-hydroxylation sites is 5. The summed E-state index contributed by atoms with van der Waals surface area (Å²) in [5.74, 6) is 0. The summed E-state index contributed by atoms with van der Waals surface area (Å²) in [6.45, 7) is 0. The monoisotopic (exact) mass is 717 g/mol. The minimum Gasteiger partial charge on any atom is -0.456 e. The van der Waals surface area contributed by atoms with Crippen molar-refractivity contribution in [1.29, 1.82) is 0 Å². The molecule has 8 aromatic carbocycles. The number of aromatic nitrogens is 2. The maximum absolute atomic E-state index is 15.2. The lowest BCUT2D eigenvalue weighted by atomic mass is 10.0. The third kappa shape index (κ3) is 3.61. The summed E-state index contributed by atoms with van der Waals surface area (Å²) in [6, 6.07) is 55.1. The van der Waals surface area contributed by atoms with Crippen LogP contribution >= 0.6 is 0 Å². The first-order chi connectivity index (χ1) is 27.7. The molecule has 5 aromatic heterocycles. The Morgan fingerprint density at radius 1 is 0.375 bits per heavy atom. The fourth-order valence-electron chi connectivity index (χ4n) is 9.67. The Balaban J connectivity index is 1.23. The standard InChI is InChI=1S/C50H27N3O3/c54-49-31-14-4-7-19-37(31)52-41-27-42-36(26-35(41)29-17-10-18-34(49)47(29)52)30-24-25-40(46-48(30)53(42)38-20-8-5-15-32(38)50(46)55)51(28-12-2-1-3-13-28)39-21-11-23-44-45(39)33-16-6-9-22-43(33)56-44/h1-27H. The van der Waals surface area contributed by atoms with Crippen LogP contribution in [0.5, 0.6) is 0 Å². The van der Waals surface area contributed by atoms with Gasteiger partial charge in [0.2, 0.25) is 0 Å². The van der Waals surface area contributed by atoms with Crippen molar-refractivity contribution in [2.75, 3.05) is 4.90 Å². The maximum atomic E-state index is 15.2. The van der Waals surface area contributed by atoms with Crippen molar-refractivity contribution in [3.8, 4) is 0 Å². The summed E-state index contributed by atoms with van der Waals surface area (Å²) in [5, 5.41) is 8.81. The summed E-state index contributed by atoms with van der Waals surface area (Å²) in [7, 11) is 0. The first-order valence-corrected chi connectivity index (χ1v) is 18.8. The van der Waals surface area contributed by atoms with Crippen LogP contribution in [-0.2, 0) is 0 Å². The highest BCUT2D eigenvalue weighted by Crippen LogP contribution is 2.47. The van der Waals surface area contributed by atoms with Crippen LogP contribution in [0.3, 0.4) is 0 Å². The van der Waals surface area contributed by atoms with Crippen molar-refractivity contribution in [3.63, 3.8) is 0 Å². The molecule has 6 nitrogen and oxygen atoms in total. The van der Waals surface area contributed by atoms with Crippen molar-refractivity contribution in [1.82, 2.24) is 8.80 Å². The Morgan fingerprint density at radius 2 is 0.946 bits per heavy atom. The molecule has 0 spiro atoms. The van der Waals surface area contributed by atoms with Gasteiger partial charge in [-0.2, -0.15) is 0 Å². The van der Waals surface area contributed by atoms with Gasteiger partial charge in [-0.1, -0.05) is 84.9 Å². The van der Waals surface area contributed by atoms with Crippen LogP contribution < -0.4 is 15.8 Å². The largest absolute Gasteiger partial charge is 0.456 e. The summed E-state index contributed by atoms with van der Waals surface area (Å²) in [6.07, 6.45) is 0. The molecule has 0 N–H and O–H groups in total. The predicted octanol–water partition coefficient (Wildman–Crippen LogP) is 12.1. The van der Waals surface area contributed by atoms with E-state index in [0.717, 1.165) is 93.6 Å². The average Bonchev–Trinajstić information content (AvgIpc) is 3.90. The van der Waals surface area contributed by atoms with E-state index < -0.39 is 0 Å². The van der Waals surface area contributed by atoms with E-state index in [0.29, 0.717) is 21.5 Å². The second-order valence-corrected chi connectivity index (χ2v) is 14.7. The minimum absolute atomic E-state index is 0.0207. The van der Waals surface area contributed by atoms with Gasteiger partial charge in [-0.3, -0.25) is 9.59 Å². The molecule has 5 heterocycles. The molecule has 0 saturated carbocycles. The quantitative estimate of drug-likeness (QED) is 0.171. The van der Waals surface area contributed by atoms with E-state index >= 15 is 4.79 Å². The predicted molar refractivity (Wildman–Crippen MR) is 230 cm³/mol.